The molecule has 0 saturated carbocycles. The van der Waals surface area contributed by atoms with Crippen LogP contribution in [0.1, 0.15) is 0 Å². The third-order valence-corrected chi connectivity index (χ3v) is 3.46. The molecular weight excluding hydrogens is 304 g/mol. The summed E-state index contributed by atoms with van der Waals surface area (Å²) < 4.78 is 1.46. The smallest absolute Gasteiger partial charge is 0.271 e. The van der Waals surface area contributed by atoms with Crippen LogP contribution in [0, 0.1) is 10.1 Å². The number of halogens is 1. The van der Waals surface area contributed by atoms with Gasteiger partial charge in [0.05, 0.1) is 16.8 Å². The fraction of sp³-hybridized carbons (Fsp3) is 0. The lowest BCUT2D eigenvalue weighted by atomic mass is 10.1. The van der Waals surface area contributed by atoms with Gasteiger partial charge in [-0.2, -0.15) is 5.10 Å². The molecule has 0 fully saturated rings. The molecule has 0 aliphatic heterocycles. The maximum atomic E-state index is 10.9. The summed E-state index contributed by atoms with van der Waals surface area (Å²) in [6.45, 7) is 0. The summed E-state index contributed by atoms with van der Waals surface area (Å²) in [6.07, 6.45) is 1.61. The average molecular weight is 315 g/mol. The summed E-state index contributed by atoms with van der Waals surface area (Å²) in [5, 5.41) is 15.7. The minimum absolute atomic E-state index is 0.0169. The van der Waals surface area contributed by atoms with Crippen LogP contribution in [-0.2, 0) is 0 Å². The van der Waals surface area contributed by atoms with Crippen molar-refractivity contribution in [2.75, 3.05) is 5.73 Å². The van der Waals surface area contributed by atoms with E-state index >= 15 is 0 Å². The summed E-state index contributed by atoms with van der Waals surface area (Å²) in [6, 6.07) is 13.4. The van der Waals surface area contributed by atoms with E-state index in [0.29, 0.717) is 22.1 Å². The second-order valence-electron chi connectivity index (χ2n) is 4.64. The van der Waals surface area contributed by atoms with Gasteiger partial charge in [0.2, 0.25) is 0 Å². The Labute approximate surface area is 130 Å². The number of nitrogens with zero attached hydrogens (tertiary/aromatic N) is 3. The van der Waals surface area contributed by atoms with Crippen LogP contribution in [0.5, 0.6) is 0 Å². The number of benzene rings is 2. The Morgan fingerprint density at radius 1 is 1.18 bits per heavy atom. The number of nitrogen functional groups attached to an aromatic ring is 1. The molecule has 0 amide bonds. The van der Waals surface area contributed by atoms with Gasteiger partial charge in [-0.25, -0.2) is 4.68 Å². The van der Waals surface area contributed by atoms with E-state index in [1.807, 2.05) is 12.1 Å². The molecule has 0 saturated heterocycles. The topological polar surface area (TPSA) is 87.0 Å². The Morgan fingerprint density at radius 2 is 1.95 bits per heavy atom. The maximum Gasteiger partial charge on any atom is 0.271 e. The lowest BCUT2D eigenvalue weighted by Crippen LogP contribution is -2.02. The molecule has 7 heteroatoms. The highest BCUT2D eigenvalue weighted by Gasteiger charge is 2.13. The summed E-state index contributed by atoms with van der Waals surface area (Å²) in [5.74, 6) is 0.391. The number of rotatable bonds is 3. The van der Waals surface area contributed by atoms with Crippen molar-refractivity contribution in [3.05, 3.63) is 69.9 Å². The van der Waals surface area contributed by atoms with Crippen molar-refractivity contribution in [1.82, 2.24) is 9.78 Å². The van der Waals surface area contributed by atoms with Gasteiger partial charge in [0.15, 0.2) is 0 Å². The van der Waals surface area contributed by atoms with Gasteiger partial charge < -0.3 is 5.73 Å². The lowest BCUT2D eigenvalue weighted by molar-refractivity contribution is -0.384. The highest BCUT2D eigenvalue weighted by atomic mass is 35.5. The number of hydrogen-bond donors (Lipinski definition) is 1. The first-order chi connectivity index (χ1) is 10.6. The van der Waals surface area contributed by atoms with E-state index in [1.165, 1.54) is 16.8 Å². The predicted octanol–water partition coefficient (Wildman–Crippen LogP) is 3.68. The molecule has 0 bridgehead atoms. The van der Waals surface area contributed by atoms with E-state index in [2.05, 4.69) is 5.10 Å². The zero-order valence-corrected chi connectivity index (χ0v) is 12.1. The van der Waals surface area contributed by atoms with Crippen molar-refractivity contribution in [2.45, 2.75) is 0 Å². The van der Waals surface area contributed by atoms with Crippen LogP contribution < -0.4 is 5.73 Å². The Kier molecular flexibility index (Phi) is 3.52. The molecule has 1 heterocycles. The van der Waals surface area contributed by atoms with E-state index in [0.717, 1.165) is 5.56 Å². The summed E-state index contributed by atoms with van der Waals surface area (Å²) in [4.78, 5) is 10.4. The first-order valence-electron chi connectivity index (χ1n) is 6.40. The van der Waals surface area contributed by atoms with E-state index in [1.54, 1.807) is 30.5 Å². The van der Waals surface area contributed by atoms with Crippen molar-refractivity contribution in [1.29, 1.82) is 0 Å². The molecule has 2 N–H and O–H groups in total. The molecule has 0 aliphatic carbocycles. The van der Waals surface area contributed by atoms with Crippen molar-refractivity contribution in [2.24, 2.45) is 0 Å². The zero-order chi connectivity index (χ0) is 15.7. The van der Waals surface area contributed by atoms with E-state index in [4.69, 9.17) is 17.3 Å². The van der Waals surface area contributed by atoms with Gasteiger partial charge >= 0.3 is 0 Å². The molecule has 3 aromatic rings. The number of anilines is 1. The van der Waals surface area contributed by atoms with Gasteiger partial charge in [0.1, 0.15) is 5.82 Å². The highest BCUT2D eigenvalue weighted by Crippen LogP contribution is 2.30. The third-order valence-electron chi connectivity index (χ3n) is 3.23. The van der Waals surface area contributed by atoms with Crippen LogP contribution in [-0.4, -0.2) is 14.7 Å². The first kappa shape index (κ1) is 14.1. The molecule has 0 radical (unpaired) electrons. The van der Waals surface area contributed by atoms with Crippen LogP contribution in [0.15, 0.2) is 54.7 Å². The predicted molar refractivity (Wildman–Crippen MR) is 85.1 cm³/mol. The van der Waals surface area contributed by atoms with Gasteiger partial charge in [-0.3, -0.25) is 10.1 Å². The first-order valence-corrected chi connectivity index (χ1v) is 6.78. The number of nitro groups is 1. The molecular formula is C15H11ClN4O2. The number of nitro benzene ring substituents is 1. The molecule has 0 atom stereocenters. The van der Waals surface area contributed by atoms with Crippen molar-refractivity contribution in [3.8, 4) is 16.8 Å². The van der Waals surface area contributed by atoms with Gasteiger partial charge in [-0.15, -0.1) is 0 Å². The molecule has 2 aromatic carbocycles. The van der Waals surface area contributed by atoms with Crippen LogP contribution in [0.4, 0.5) is 11.5 Å². The van der Waals surface area contributed by atoms with Gasteiger partial charge in [0, 0.05) is 22.7 Å². The standard InChI is InChI=1S/C15H11ClN4O2/c16-11-4-1-3-10(7-11)14-9-18-19(15(14)17)12-5-2-6-13(8-12)20(21)22/h1-9H,17H2. The molecule has 0 aliphatic rings. The van der Waals surface area contributed by atoms with Gasteiger partial charge in [0.25, 0.3) is 5.69 Å². The van der Waals surface area contributed by atoms with Crippen molar-refractivity contribution >= 4 is 23.1 Å². The minimum atomic E-state index is -0.457. The van der Waals surface area contributed by atoms with Crippen molar-refractivity contribution < 1.29 is 4.92 Å². The average Bonchev–Trinajstić information content (AvgIpc) is 2.89. The zero-order valence-electron chi connectivity index (χ0n) is 11.3. The number of nitrogens with two attached hydrogens (primary N) is 1. The molecule has 0 spiro atoms. The van der Waals surface area contributed by atoms with E-state index in [-0.39, 0.29) is 5.69 Å². The lowest BCUT2D eigenvalue weighted by Gasteiger charge is -2.05. The number of aromatic nitrogens is 2. The second kappa shape index (κ2) is 5.50. The normalized spacial score (nSPS) is 10.6. The Bertz CT molecular complexity index is 860. The molecule has 1 aromatic heterocycles. The Morgan fingerprint density at radius 3 is 2.68 bits per heavy atom. The quantitative estimate of drug-likeness (QED) is 0.590. The van der Waals surface area contributed by atoms with Gasteiger partial charge in [-0.05, 0) is 23.8 Å². The summed E-state index contributed by atoms with van der Waals surface area (Å²) in [7, 11) is 0. The molecule has 6 nitrogen and oxygen atoms in total. The summed E-state index contributed by atoms with van der Waals surface area (Å²) >= 11 is 5.98. The summed E-state index contributed by atoms with van der Waals surface area (Å²) in [5.41, 5.74) is 8.19. The Hall–Kier alpha value is -2.86. The fourth-order valence-corrected chi connectivity index (χ4v) is 2.37. The maximum absolute atomic E-state index is 10.9. The van der Waals surface area contributed by atoms with Crippen LogP contribution in [0.2, 0.25) is 5.02 Å². The SMILES string of the molecule is Nc1c(-c2cccc(Cl)c2)cnn1-c1cccc([N+](=O)[O-])c1. The van der Waals surface area contributed by atoms with Crippen LogP contribution in [0.25, 0.3) is 16.8 Å². The van der Waals surface area contributed by atoms with Gasteiger partial charge in [-0.1, -0.05) is 29.8 Å². The highest BCUT2D eigenvalue weighted by molar-refractivity contribution is 6.30. The molecule has 3 rings (SSSR count). The monoisotopic (exact) mass is 314 g/mol. The largest absolute Gasteiger partial charge is 0.383 e. The third kappa shape index (κ3) is 2.51. The minimum Gasteiger partial charge on any atom is -0.383 e. The van der Waals surface area contributed by atoms with Crippen molar-refractivity contribution in [3.63, 3.8) is 0 Å². The van der Waals surface area contributed by atoms with E-state index < -0.39 is 4.92 Å². The Balaban J connectivity index is 2.07. The molecule has 0 unspecified atom stereocenters. The number of hydrogen-bond acceptors (Lipinski definition) is 4. The molecule has 22 heavy (non-hydrogen) atoms. The fourth-order valence-electron chi connectivity index (χ4n) is 2.18. The van der Waals surface area contributed by atoms with Crippen LogP contribution >= 0.6 is 11.6 Å². The number of non-ortho nitro benzene ring substituents is 1. The van der Waals surface area contributed by atoms with E-state index in [9.17, 15) is 10.1 Å². The second-order valence-corrected chi connectivity index (χ2v) is 5.08. The molecule has 110 valence electrons. The van der Waals surface area contributed by atoms with Crippen LogP contribution in [0.3, 0.4) is 0 Å².